The first kappa shape index (κ1) is 25.7. The summed E-state index contributed by atoms with van der Waals surface area (Å²) in [6.45, 7) is 11.1. The molecule has 6 nitrogen and oxygen atoms in total. The highest BCUT2D eigenvalue weighted by Gasteiger charge is 2.25. The smallest absolute Gasteiger partial charge is 0.329 e. The average molecular weight is 445 g/mol. The Kier molecular flexibility index (Phi) is 9.10. The maximum atomic E-state index is 12.0. The van der Waals surface area contributed by atoms with Crippen LogP contribution in [0.25, 0.3) is 0 Å². The second-order valence-corrected chi connectivity index (χ2v) is 8.59. The number of rotatable bonds is 5. The van der Waals surface area contributed by atoms with E-state index in [9.17, 15) is 18.0 Å². The molecule has 0 bridgehead atoms. The Balaban J connectivity index is 0.000000656. The predicted molar refractivity (Wildman–Crippen MR) is 112 cm³/mol. The van der Waals surface area contributed by atoms with Crippen LogP contribution in [0.1, 0.15) is 32.2 Å². The van der Waals surface area contributed by atoms with E-state index in [1.165, 1.54) is 0 Å². The van der Waals surface area contributed by atoms with Gasteiger partial charge in [0.2, 0.25) is 12.2 Å². The summed E-state index contributed by atoms with van der Waals surface area (Å²) in [5.41, 5.74) is 8.18. The first-order chi connectivity index (χ1) is 13.8. The second-order valence-electron chi connectivity index (χ2n) is 7.50. The molecule has 0 radical (unpaired) electrons. The Morgan fingerprint density at radius 2 is 1.73 bits per heavy atom. The van der Waals surface area contributed by atoms with Gasteiger partial charge in [0, 0.05) is 28.2 Å². The van der Waals surface area contributed by atoms with E-state index in [0.29, 0.717) is 6.54 Å². The van der Waals surface area contributed by atoms with Crippen LogP contribution in [-0.2, 0) is 16.1 Å². The third kappa shape index (κ3) is 8.19. The molecule has 0 atom stereocenters. The second kappa shape index (κ2) is 10.6. The minimum atomic E-state index is -4.64. The van der Waals surface area contributed by atoms with E-state index >= 15 is 0 Å². The van der Waals surface area contributed by atoms with Crippen LogP contribution in [0.4, 0.5) is 18.9 Å². The largest absolute Gasteiger partial charge is 0.446 e. The van der Waals surface area contributed by atoms with Gasteiger partial charge in [-0.25, -0.2) is 0 Å². The molecule has 0 spiro atoms. The first-order valence-corrected chi connectivity index (χ1v) is 9.96. The lowest BCUT2D eigenvalue weighted by molar-refractivity contribution is -0.156. The van der Waals surface area contributed by atoms with Crippen LogP contribution < -0.4 is 11.1 Å². The summed E-state index contributed by atoms with van der Waals surface area (Å²) < 4.78 is 33.2. The molecule has 3 N–H and O–H groups in total. The number of amides is 1. The highest BCUT2D eigenvalue weighted by atomic mass is 32.2. The van der Waals surface area contributed by atoms with Gasteiger partial charge in [-0.05, 0) is 38.1 Å². The topological polar surface area (TPSA) is 90.0 Å². The number of hydrogen-bond acceptors (Lipinski definition) is 5. The maximum Gasteiger partial charge on any atom is 0.446 e. The van der Waals surface area contributed by atoms with Crippen molar-refractivity contribution in [1.82, 2.24) is 9.78 Å². The van der Waals surface area contributed by atoms with Gasteiger partial charge in [-0.2, -0.15) is 18.3 Å². The van der Waals surface area contributed by atoms with Crippen molar-refractivity contribution < 1.29 is 22.8 Å². The van der Waals surface area contributed by atoms with Crippen LogP contribution in [0.5, 0.6) is 0 Å². The number of aryl methyl sites for hydroxylation is 1. The molecule has 10 heteroatoms. The summed E-state index contributed by atoms with van der Waals surface area (Å²) >= 11 is 1.68. The molecule has 0 aliphatic heterocycles. The number of nitrogens with one attached hydrogen (secondary N) is 1. The minimum Gasteiger partial charge on any atom is -0.329 e. The monoisotopic (exact) mass is 444 g/mol. The molecule has 1 aromatic heterocycles. The predicted octanol–water partition coefficient (Wildman–Crippen LogP) is 4.34. The molecular weight excluding hydrogens is 417 g/mol. The standard InChI is InChI=1S/C18H26N4OS.C2HF3O/c1-12-16(13(2)22(21-12)11-10-19)24-15-8-6-14(7-9-15)20-17(23)18(3,4)5;3-2(4,5)1-6/h6-9H,10-11,19H2,1-5H3,(H,20,23);1H. The summed E-state index contributed by atoms with van der Waals surface area (Å²) in [6.07, 6.45) is -5.70. The average Bonchev–Trinajstić information content (AvgIpc) is 2.90. The fourth-order valence-electron chi connectivity index (χ4n) is 2.21. The highest BCUT2D eigenvalue weighted by Crippen LogP contribution is 2.33. The van der Waals surface area contributed by atoms with Crippen LogP contribution >= 0.6 is 11.8 Å². The van der Waals surface area contributed by atoms with Gasteiger partial charge in [0.15, 0.2) is 0 Å². The summed E-state index contributed by atoms with van der Waals surface area (Å²) in [4.78, 5) is 23.0. The van der Waals surface area contributed by atoms with Crippen LogP contribution in [0.3, 0.4) is 0 Å². The van der Waals surface area contributed by atoms with E-state index in [4.69, 9.17) is 10.5 Å². The number of carbonyl (C=O) groups excluding carboxylic acids is 2. The molecule has 0 aliphatic rings. The molecule has 166 valence electrons. The molecule has 1 aromatic carbocycles. The number of benzene rings is 1. The first-order valence-electron chi connectivity index (χ1n) is 9.15. The Labute approximate surface area is 178 Å². The summed E-state index contributed by atoms with van der Waals surface area (Å²) in [6, 6.07) is 7.89. The number of carbonyl (C=O) groups is 2. The fourth-order valence-corrected chi connectivity index (χ4v) is 3.16. The summed E-state index contributed by atoms with van der Waals surface area (Å²) in [7, 11) is 0. The SMILES string of the molecule is Cc1nn(CCN)c(C)c1Sc1ccc(NC(=O)C(C)(C)C)cc1.O=CC(F)(F)F. The van der Waals surface area contributed by atoms with Gasteiger partial charge in [-0.15, -0.1) is 0 Å². The molecule has 1 amide bonds. The zero-order chi connectivity index (χ0) is 23.1. The van der Waals surface area contributed by atoms with Gasteiger partial charge in [-0.3, -0.25) is 14.3 Å². The third-order valence-corrected chi connectivity index (χ3v) is 5.11. The Morgan fingerprint density at radius 1 is 1.20 bits per heavy atom. The molecule has 0 aliphatic carbocycles. The van der Waals surface area contributed by atoms with Crippen molar-refractivity contribution in [3.05, 3.63) is 35.7 Å². The molecular formula is C20H27F3N4O2S. The van der Waals surface area contributed by atoms with Crippen molar-refractivity contribution in [1.29, 1.82) is 0 Å². The van der Waals surface area contributed by atoms with Crippen LogP contribution in [0.2, 0.25) is 0 Å². The number of anilines is 1. The van der Waals surface area contributed by atoms with Crippen molar-refractivity contribution in [3.8, 4) is 0 Å². The number of aldehydes is 1. The quantitative estimate of drug-likeness (QED) is 0.670. The van der Waals surface area contributed by atoms with Crippen LogP contribution in [0.15, 0.2) is 34.1 Å². The normalized spacial score (nSPS) is 11.5. The van der Waals surface area contributed by atoms with E-state index in [1.54, 1.807) is 11.8 Å². The highest BCUT2D eigenvalue weighted by molar-refractivity contribution is 7.99. The molecule has 0 unspecified atom stereocenters. The van der Waals surface area contributed by atoms with Crippen molar-refractivity contribution in [2.45, 2.75) is 57.1 Å². The van der Waals surface area contributed by atoms with Gasteiger partial charge in [0.1, 0.15) is 0 Å². The van der Waals surface area contributed by atoms with Gasteiger partial charge < -0.3 is 11.1 Å². The maximum absolute atomic E-state index is 12.0. The molecule has 2 aromatic rings. The van der Waals surface area contributed by atoms with E-state index in [0.717, 1.165) is 33.4 Å². The number of nitrogens with two attached hydrogens (primary N) is 1. The lowest BCUT2D eigenvalue weighted by Crippen LogP contribution is -2.27. The van der Waals surface area contributed by atoms with Crippen molar-refractivity contribution in [2.75, 3.05) is 11.9 Å². The minimum absolute atomic E-state index is 0.0117. The van der Waals surface area contributed by atoms with Gasteiger partial charge >= 0.3 is 6.18 Å². The molecule has 30 heavy (non-hydrogen) atoms. The summed E-state index contributed by atoms with van der Waals surface area (Å²) in [5, 5.41) is 7.48. The molecule has 0 fully saturated rings. The van der Waals surface area contributed by atoms with E-state index in [2.05, 4.69) is 17.3 Å². The zero-order valence-corrected chi connectivity index (χ0v) is 18.4. The van der Waals surface area contributed by atoms with Gasteiger partial charge in [-0.1, -0.05) is 32.5 Å². The van der Waals surface area contributed by atoms with Gasteiger partial charge in [0.25, 0.3) is 0 Å². The molecule has 0 saturated heterocycles. The molecule has 2 rings (SSSR count). The van der Waals surface area contributed by atoms with Gasteiger partial charge in [0.05, 0.1) is 17.1 Å². The van der Waals surface area contributed by atoms with E-state index < -0.39 is 17.9 Å². The third-order valence-electron chi connectivity index (χ3n) is 3.80. The fraction of sp³-hybridized carbons (Fsp3) is 0.450. The lowest BCUT2D eigenvalue weighted by Gasteiger charge is -2.17. The Bertz CT molecular complexity index is 857. The van der Waals surface area contributed by atoms with E-state index in [-0.39, 0.29) is 5.91 Å². The van der Waals surface area contributed by atoms with Crippen LogP contribution in [0, 0.1) is 19.3 Å². The zero-order valence-electron chi connectivity index (χ0n) is 17.6. The Morgan fingerprint density at radius 3 is 2.17 bits per heavy atom. The van der Waals surface area contributed by atoms with E-state index in [1.807, 2.05) is 56.6 Å². The number of aromatic nitrogens is 2. The van der Waals surface area contributed by atoms with Crippen molar-refractivity contribution in [3.63, 3.8) is 0 Å². The van der Waals surface area contributed by atoms with Crippen LogP contribution in [-0.4, -0.2) is 34.7 Å². The Hall–Kier alpha value is -2.33. The summed E-state index contributed by atoms with van der Waals surface area (Å²) in [5.74, 6) is 0.0117. The number of nitrogens with zero attached hydrogens (tertiary/aromatic N) is 2. The molecule has 0 saturated carbocycles. The molecule has 1 heterocycles. The number of hydrogen-bond donors (Lipinski definition) is 2. The number of halogens is 3. The van der Waals surface area contributed by atoms with Crippen molar-refractivity contribution >= 4 is 29.6 Å². The van der Waals surface area contributed by atoms with Crippen molar-refractivity contribution in [2.24, 2.45) is 11.1 Å². The lowest BCUT2D eigenvalue weighted by atomic mass is 9.95. The number of alkyl halides is 3.